The van der Waals surface area contributed by atoms with Crippen LogP contribution in [0.25, 0.3) is 0 Å². The van der Waals surface area contributed by atoms with E-state index in [4.69, 9.17) is 4.74 Å². The molecule has 1 aliphatic carbocycles. The number of piperazine rings is 1. The number of hydrogen-bond donors (Lipinski definition) is 0. The Hall–Kier alpha value is -1.29. The van der Waals surface area contributed by atoms with Crippen LogP contribution < -0.4 is 9.64 Å². The van der Waals surface area contributed by atoms with Crippen LogP contribution in [0.2, 0.25) is 0 Å². The van der Waals surface area contributed by atoms with Crippen LogP contribution in [0.3, 0.4) is 0 Å². The van der Waals surface area contributed by atoms with Crippen molar-refractivity contribution in [2.24, 2.45) is 5.92 Å². The van der Waals surface area contributed by atoms with Gasteiger partial charge < -0.3 is 9.64 Å². The SMILES string of the molecule is [CH]1CCC(CCN2CCN(c3nccc4c3OCC4)CC2)CC1. The second kappa shape index (κ2) is 7.08. The molecule has 3 heterocycles. The third-order valence-electron chi connectivity index (χ3n) is 5.67. The maximum Gasteiger partial charge on any atom is 0.171 e. The lowest BCUT2D eigenvalue weighted by atomic mass is 9.87. The number of rotatable bonds is 4. The highest BCUT2D eigenvalue weighted by molar-refractivity contribution is 5.58. The monoisotopic (exact) mass is 314 g/mol. The topological polar surface area (TPSA) is 28.6 Å². The molecule has 3 aliphatic rings. The average molecular weight is 314 g/mol. The first-order chi connectivity index (χ1) is 11.4. The van der Waals surface area contributed by atoms with E-state index in [1.54, 1.807) is 0 Å². The van der Waals surface area contributed by atoms with Gasteiger partial charge in [-0.1, -0.05) is 12.8 Å². The quantitative estimate of drug-likeness (QED) is 0.854. The first-order valence-corrected chi connectivity index (χ1v) is 9.30. The summed E-state index contributed by atoms with van der Waals surface area (Å²) in [5.41, 5.74) is 1.33. The second-order valence-electron chi connectivity index (χ2n) is 7.15. The Balaban J connectivity index is 1.28. The summed E-state index contributed by atoms with van der Waals surface area (Å²) < 4.78 is 5.82. The lowest BCUT2D eigenvalue weighted by molar-refractivity contribution is 0.226. The first-order valence-electron chi connectivity index (χ1n) is 9.30. The molecule has 0 spiro atoms. The Morgan fingerprint density at radius 3 is 2.78 bits per heavy atom. The smallest absolute Gasteiger partial charge is 0.171 e. The lowest BCUT2D eigenvalue weighted by Gasteiger charge is -2.36. The number of hydrogen-bond acceptors (Lipinski definition) is 4. The number of pyridine rings is 1. The molecule has 0 atom stereocenters. The van der Waals surface area contributed by atoms with Crippen LogP contribution in [0.1, 0.15) is 37.7 Å². The third kappa shape index (κ3) is 3.47. The van der Waals surface area contributed by atoms with Crippen molar-refractivity contribution in [3.63, 3.8) is 0 Å². The predicted molar refractivity (Wildman–Crippen MR) is 93.0 cm³/mol. The largest absolute Gasteiger partial charge is 0.489 e. The average Bonchev–Trinajstić information content (AvgIpc) is 3.10. The molecule has 1 aromatic rings. The summed E-state index contributed by atoms with van der Waals surface area (Å²) in [6, 6.07) is 2.10. The summed E-state index contributed by atoms with van der Waals surface area (Å²) in [5.74, 6) is 3.08. The molecule has 4 rings (SSSR count). The van der Waals surface area contributed by atoms with Crippen LogP contribution in [0.15, 0.2) is 12.3 Å². The van der Waals surface area contributed by atoms with Gasteiger partial charge in [0.2, 0.25) is 0 Å². The molecule has 0 unspecified atom stereocenters. The fraction of sp³-hybridized carbons (Fsp3) is 0.684. The Labute approximate surface area is 139 Å². The van der Waals surface area contributed by atoms with Crippen LogP contribution >= 0.6 is 0 Å². The minimum atomic E-state index is 0.812. The van der Waals surface area contributed by atoms with Crippen LogP contribution in [-0.4, -0.2) is 49.2 Å². The Morgan fingerprint density at radius 2 is 1.96 bits per heavy atom. The molecular formula is C19H28N3O. The van der Waals surface area contributed by atoms with Gasteiger partial charge in [-0.15, -0.1) is 0 Å². The zero-order valence-electron chi connectivity index (χ0n) is 14.0. The van der Waals surface area contributed by atoms with Gasteiger partial charge >= 0.3 is 0 Å². The molecule has 2 fully saturated rings. The van der Waals surface area contributed by atoms with Crippen molar-refractivity contribution in [3.8, 4) is 5.75 Å². The highest BCUT2D eigenvalue weighted by atomic mass is 16.5. The summed E-state index contributed by atoms with van der Waals surface area (Å²) in [6.45, 7) is 6.55. The normalized spacial score (nSPS) is 22.9. The summed E-state index contributed by atoms with van der Waals surface area (Å²) in [6.07, 6.45) is 12.3. The van der Waals surface area contributed by atoms with Crippen LogP contribution in [0, 0.1) is 12.3 Å². The van der Waals surface area contributed by atoms with Gasteiger partial charge in [0.05, 0.1) is 6.61 Å². The van der Waals surface area contributed by atoms with Crippen molar-refractivity contribution >= 4 is 5.82 Å². The molecule has 1 radical (unpaired) electrons. The molecular weight excluding hydrogens is 286 g/mol. The van der Waals surface area contributed by atoms with Gasteiger partial charge in [0.1, 0.15) is 0 Å². The number of fused-ring (bicyclic) bond motifs is 1. The van der Waals surface area contributed by atoms with E-state index in [2.05, 4.69) is 27.3 Å². The molecule has 4 heteroatoms. The van der Waals surface area contributed by atoms with E-state index in [-0.39, 0.29) is 0 Å². The van der Waals surface area contributed by atoms with Gasteiger partial charge in [-0.25, -0.2) is 4.98 Å². The Kier molecular flexibility index (Phi) is 4.69. The molecule has 125 valence electrons. The number of nitrogens with zero attached hydrogens (tertiary/aromatic N) is 3. The molecule has 0 aromatic carbocycles. The molecule has 4 nitrogen and oxygen atoms in total. The van der Waals surface area contributed by atoms with Crippen molar-refractivity contribution in [2.45, 2.75) is 38.5 Å². The van der Waals surface area contributed by atoms with Crippen molar-refractivity contribution in [2.75, 3.05) is 44.2 Å². The van der Waals surface area contributed by atoms with Crippen LogP contribution in [0.4, 0.5) is 5.82 Å². The van der Waals surface area contributed by atoms with Crippen molar-refractivity contribution in [3.05, 3.63) is 24.2 Å². The summed E-state index contributed by atoms with van der Waals surface area (Å²) in [4.78, 5) is 9.65. The molecule has 1 aromatic heterocycles. The van der Waals surface area contributed by atoms with E-state index >= 15 is 0 Å². The zero-order chi connectivity index (χ0) is 15.5. The summed E-state index contributed by atoms with van der Waals surface area (Å²) in [5, 5.41) is 0. The van der Waals surface area contributed by atoms with Gasteiger partial charge in [-0.3, -0.25) is 4.90 Å². The standard InChI is InChI=1S/C19H28N3O/c1-2-4-16(5-3-1)7-10-21-11-13-22(14-12-21)19-18-17(6-9-20-19)8-15-23-18/h1,6,9,16H,2-5,7-8,10-15H2. The first kappa shape index (κ1) is 15.3. The Morgan fingerprint density at radius 1 is 1.13 bits per heavy atom. The van der Waals surface area contributed by atoms with Crippen molar-refractivity contribution in [1.82, 2.24) is 9.88 Å². The third-order valence-corrected chi connectivity index (χ3v) is 5.67. The van der Waals surface area contributed by atoms with E-state index in [1.807, 2.05) is 6.20 Å². The van der Waals surface area contributed by atoms with Gasteiger partial charge in [0.15, 0.2) is 11.6 Å². The predicted octanol–water partition coefficient (Wildman–Crippen LogP) is 2.92. The molecule has 2 aliphatic heterocycles. The molecule has 0 N–H and O–H groups in total. The minimum absolute atomic E-state index is 0.812. The van der Waals surface area contributed by atoms with Gasteiger partial charge in [0, 0.05) is 44.4 Å². The number of ether oxygens (including phenoxy) is 1. The minimum Gasteiger partial charge on any atom is -0.489 e. The highest BCUT2D eigenvalue weighted by Gasteiger charge is 2.25. The zero-order valence-corrected chi connectivity index (χ0v) is 14.0. The fourth-order valence-corrected chi connectivity index (χ4v) is 4.15. The van der Waals surface area contributed by atoms with Crippen molar-refractivity contribution < 1.29 is 4.74 Å². The van der Waals surface area contributed by atoms with Gasteiger partial charge in [-0.2, -0.15) is 0 Å². The van der Waals surface area contributed by atoms with Crippen LogP contribution in [-0.2, 0) is 6.42 Å². The maximum absolute atomic E-state index is 5.82. The lowest BCUT2D eigenvalue weighted by Crippen LogP contribution is -2.47. The second-order valence-corrected chi connectivity index (χ2v) is 7.15. The summed E-state index contributed by atoms with van der Waals surface area (Å²) >= 11 is 0. The van der Waals surface area contributed by atoms with Crippen LogP contribution in [0.5, 0.6) is 5.75 Å². The van der Waals surface area contributed by atoms with Gasteiger partial charge in [0.25, 0.3) is 0 Å². The van der Waals surface area contributed by atoms with Gasteiger partial charge in [-0.05, 0) is 44.2 Å². The highest BCUT2D eigenvalue weighted by Crippen LogP contribution is 2.34. The van der Waals surface area contributed by atoms with E-state index in [0.29, 0.717) is 0 Å². The maximum atomic E-state index is 5.82. The van der Waals surface area contributed by atoms with E-state index in [9.17, 15) is 0 Å². The molecule has 1 saturated carbocycles. The van der Waals surface area contributed by atoms with E-state index in [0.717, 1.165) is 56.7 Å². The molecule has 0 amide bonds. The number of anilines is 1. The summed E-state index contributed by atoms with van der Waals surface area (Å²) in [7, 11) is 0. The molecule has 0 bridgehead atoms. The Bertz CT molecular complexity index is 519. The molecule has 1 saturated heterocycles. The van der Waals surface area contributed by atoms with E-state index in [1.165, 1.54) is 44.2 Å². The number of aromatic nitrogens is 1. The molecule has 23 heavy (non-hydrogen) atoms. The van der Waals surface area contributed by atoms with E-state index < -0.39 is 0 Å². The van der Waals surface area contributed by atoms with Crippen molar-refractivity contribution in [1.29, 1.82) is 0 Å². The fourth-order valence-electron chi connectivity index (χ4n) is 4.15.